The Kier molecular flexibility index (Phi) is 5.73. The maximum absolute atomic E-state index is 11.9. The van der Waals surface area contributed by atoms with Gasteiger partial charge < -0.3 is 10.4 Å². The van der Waals surface area contributed by atoms with Gasteiger partial charge in [-0.2, -0.15) is 5.10 Å². The third-order valence-electron chi connectivity index (χ3n) is 3.48. The first-order chi connectivity index (χ1) is 9.32. The van der Waals surface area contributed by atoms with Crippen molar-refractivity contribution in [3.63, 3.8) is 0 Å². The molecule has 1 heterocycles. The first kappa shape index (κ1) is 16.2. The summed E-state index contributed by atoms with van der Waals surface area (Å²) in [5.74, 6) is -1.03. The maximum Gasteiger partial charge on any atom is 0.303 e. The van der Waals surface area contributed by atoms with Gasteiger partial charge in [0.2, 0.25) is 5.91 Å². The molecule has 0 aliphatic rings. The average molecular weight is 281 g/mol. The molecule has 6 heteroatoms. The number of nitrogens with one attached hydrogen (secondary N) is 1. The molecule has 1 aromatic heterocycles. The normalized spacial score (nSPS) is 12.2. The van der Waals surface area contributed by atoms with Crippen LogP contribution in [0.25, 0.3) is 0 Å². The molecule has 1 rings (SSSR count). The molecule has 1 atom stereocenters. The number of aromatic nitrogens is 2. The summed E-state index contributed by atoms with van der Waals surface area (Å²) >= 11 is 0. The van der Waals surface area contributed by atoms with Crippen LogP contribution in [-0.2, 0) is 23.1 Å². The molecule has 20 heavy (non-hydrogen) atoms. The summed E-state index contributed by atoms with van der Waals surface area (Å²) in [7, 11) is 1.89. The zero-order valence-corrected chi connectivity index (χ0v) is 12.6. The van der Waals surface area contributed by atoms with Crippen LogP contribution in [0, 0.1) is 19.8 Å². The highest BCUT2D eigenvalue weighted by atomic mass is 16.4. The van der Waals surface area contributed by atoms with Gasteiger partial charge in [0.15, 0.2) is 0 Å². The summed E-state index contributed by atoms with van der Waals surface area (Å²) < 4.78 is 1.82. The lowest BCUT2D eigenvalue weighted by Gasteiger charge is -2.12. The van der Waals surface area contributed by atoms with E-state index in [1.54, 1.807) is 0 Å². The molecule has 6 nitrogen and oxygen atoms in total. The molecule has 0 saturated carbocycles. The Hall–Kier alpha value is -1.85. The number of hydrogen-bond acceptors (Lipinski definition) is 3. The molecule has 2 N–H and O–H groups in total. The van der Waals surface area contributed by atoms with Crippen molar-refractivity contribution in [3.8, 4) is 0 Å². The van der Waals surface area contributed by atoms with Crippen LogP contribution >= 0.6 is 0 Å². The number of amides is 1. The van der Waals surface area contributed by atoms with Crippen LogP contribution in [-0.4, -0.2) is 33.3 Å². The number of aryl methyl sites for hydroxylation is 2. The number of carbonyl (C=O) groups excluding carboxylic acids is 1. The lowest BCUT2D eigenvalue weighted by Crippen LogP contribution is -2.31. The van der Waals surface area contributed by atoms with Gasteiger partial charge in [0.05, 0.1) is 5.69 Å². The van der Waals surface area contributed by atoms with Crippen molar-refractivity contribution in [2.75, 3.05) is 6.54 Å². The van der Waals surface area contributed by atoms with Crippen molar-refractivity contribution in [2.24, 2.45) is 13.0 Å². The number of nitrogens with zero attached hydrogens (tertiary/aromatic N) is 2. The molecular formula is C14H23N3O3. The predicted octanol–water partition coefficient (Wildman–Crippen LogP) is 1.20. The van der Waals surface area contributed by atoms with Crippen LogP contribution in [0.4, 0.5) is 0 Å². The Labute approximate surface area is 119 Å². The molecule has 0 aliphatic heterocycles. The second kappa shape index (κ2) is 7.07. The Bertz CT molecular complexity index is 494. The number of carboxylic acids is 1. The summed E-state index contributed by atoms with van der Waals surface area (Å²) in [5.41, 5.74) is 3.14. The Morgan fingerprint density at radius 1 is 1.40 bits per heavy atom. The van der Waals surface area contributed by atoms with E-state index in [4.69, 9.17) is 5.11 Å². The topological polar surface area (TPSA) is 84.2 Å². The summed E-state index contributed by atoms with van der Waals surface area (Å²) in [6, 6.07) is 0. The SMILES string of the molecule is Cc1nn(C)c(C)c1CC(C)C(=O)NCCCC(=O)O. The monoisotopic (exact) mass is 281 g/mol. The highest BCUT2D eigenvalue weighted by molar-refractivity contribution is 5.78. The standard InChI is InChI=1S/C14H23N3O3/c1-9(14(20)15-7-5-6-13(18)19)8-12-10(2)16-17(4)11(12)3/h9H,5-8H2,1-4H3,(H,15,20)(H,18,19). The molecule has 1 unspecified atom stereocenters. The number of carbonyl (C=O) groups is 2. The Morgan fingerprint density at radius 3 is 2.55 bits per heavy atom. The highest BCUT2D eigenvalue weighted by Gasteiger charge is 2.18. The van der Waals surface area contributed by atoms with Gasteiger partial charge in [0.1, 0.15) is 0 Å². The lowest BCUT2D eigenvalue weighted by atomic mass is 9.99. The van der Waals surface area contributed by atoms with E-state index in [2.05, 4.69) is 10.4 Å². The van der Waals surface area contributed by atoms with Gasteiger partial charge in [-0.25, -0.2) is 0 Å². The lowest BCUT2D eigenvalue weighted by molar-refractivity contribution is -0.137. The van der Waals surface area contributed by atoms with E-state index in [1.165, 1.54) is 0 Å². The van der Waals surface area contributed by atoms with Gasteiger partial charge in [0, 0.05) is 31.6 Å². The minimum atomic E-state index is -0.839. The van der Waals surface area contributed by atoms with Crippen molar-refractivity contribution in [1.82, 2.24) is 15.1 Å². The van der Waals surface area contributed by atoms with Crippen LogP contribution in [0.2, 0.25) is 0 Å². The van der Waals surface area contributed by atoms with Crippen molar-refractivity contribution in [2.45, 2.75) is 40.0 Å². The summed E-state index contributed by atoms with van der Waals surface area (Å²) in [5, 5.41) is 15.6. The minimum Gasteiger partial charge on any atom is -0.481 e. The van der Waals surface area contributed by atoms with E-state index in [-0.39, 0.29) is 18.2 Å². The van der Waals surface area contributed by atoms with Gasteiger partial charge in [-0.1, -0.05) is 6.92 Å². The third-order valence-corrected chi connectivity index (χ3v) is 3.48. The summed E-state index contributed by atoms with van der Waals surface area (Å²) in [6.07, 6.45) is 1.19. The number of hydrogen-bond donors (Lipinski definition) is 2. The number of aliphatic carboxylic acids is 1. The van der Waals surface area contributed by atoms with Crippen LogP contribution in [0.15, 0.2) is 0 Å². The maximum atomic E-state index is 11.9. The summed E-state index contributed by atoms with van der Waals surface area (Å²) in [6.45, 7) is 6.21. The minimum absolute atomic E-state index is 0.0435. The van der Waals surface area contributed by atoms with Gasteiger partial charge in [-0.05, 0) is 32.3 Å². The molecule has 1 aromatic rings. The molecule has 0 bridgehead atoms. The molecule has 0 spiro atoms. The van der Waals surface area contributed by atoms with E-state index in [9.17, 15) is 9.59 Å². The molecule has 112 valence electrons. The van der Waals surface area contributed by atoms with Crippen LogP contribution in [0.3, 0.4) is 0 Å². The second-order valence-corrected chi connectivity index (χ2v) is 5.17. The van der Waals surface area contributed by atoms with Crippen molar-refractivity contribution < 1.29 is 14.7 Å². The van der Waals surface area contributed by atoms with Gasteiger partial charge in [0.25, 0.3) is 0 Å². The highest BCUT2D eigenvalue weighted by Crippen LogP contribution is 2.16. The fraction of sp³-hybridized carbons (Fsp3) is 0.643. The average Bonchev–Trinajstić information content (AvgIpc) is 2.60. The van der Waals surface area contributed by atoms with Crippen molar-refractivity contribution in [1.29, 1.82) is 0 Å². The summed E-state index contributed by atoms with van der Waals surface area (Å²) in [4.78, 5) is 22.3. The first-order valence-electron chi connectivity index (χ1n) is 6.81. The number of carboxylic acid groups (broad SMARTS) is 1. The largest absolute Gasteiger partial charge is 0.481 e. The predicted molar refractivity (Wildman–Crippen MR) is 75.4 cm³/mol. The van der Waals surface area contributed by atoms with Gasteiger partial charge in [-0.15, -0.1) is 0 Å². The van der Waals surface area contributed by atoms with Crippen LogP contribution in [0.1, 0.15) is 36.7 Å². The molecule has 0 radical (unpaired) electrons. The van der Waals surface area contributed by atoms with Gasteiger partial charge >= 0.3 is 5.97 Å². The second-order valence-electron chi connectivity index (χ2n) is 5.17. The third kappa shape index (κ3) is 4.36. The van der Waals surface area contributed by atoms with Crippen LogP contribution in [0.5, 0.6) is 0 Å². The van der Waals surface area contributed by atoms with E-state index in [0.717, 1.165) is 17.0 Å². The molecule has 0 saturated heterocycles. The molecule has 1 amide bonds. The fourth-order valence-corrected chi connectivity index (χ4v) is 2.14. The zero-order chi connectivity index (χ0) is 15.3. The first-order valence-corrected chi connectivity index (χ1v) is 6.81. The number of rotatable bonds is 7. The van der Waals surface area contributed by atoms with E-state index in [1.807, 2.05) is 32.5 Å². The van der Waals surface area contributed by atoms with E-state index < -0.39 is 5.97 Å². The van der Waals surface area contributed by atoms with E-state index in [0.29, 0.717) is 19.4 Å². The molecular weight excluding hydrogens is 258 g/mol. The molecule has 0 aliphatic carbocycles. The smallest absolute Gasteiger partial charge is 0.303 e. The molecule has 0 fully saturated rings. The van der Waals surface area contributed by atoms with Crippen LogP contribution < -0.4 is 5.32 Å². The van der Waals surface area contributed by atoms with Crippen molar-refractivity contribution in [3.05, 3.63) is 17.0 Å². The van der Waals surface area contributed by atoms with Gasteiger partial charge in [-0.3, -0.25) is 14.3 Å². The quantitative estimate of drug-likeness (QED) is 0.735. The van der Waals surface area contributed by atoms with Crippen molar-refractivity contribution >= 4 is 11.9 Å². The van der Waals surface area contributed by atoms with E-state index >= 15 is 0 Å². The molecule has 0 aromatic carbocycles. The Morgan fingerprint density at radius 2 is 2.05 bits per heavy atom. The fourth-order valence-electron chi connectivity index (χ4n) is 2.14. The Balaban J connectivity index is 2.47. The zero-order valence-electron chi connectivity index (χ0n) is 12.6.